The third-order valence-corrected chi connectivity index (χ3v) is 5.72. The molecular formula is C24H28N2O7. The number of carboxylic acids is 1. The van der Waals surface area contributed by atoms with Crippen molar-refractivity contribution in [3.8, 4) is 11.1 Å². The number of hydrogen-bond donors (Lipinski definition) is 5. The predicted molar refractivity (Wildman–Crippen MR) is 120 cm³/mol. The number of carboxylic acid groups (broad SMARTS) is 1. The van der Waals surface area contributed by atoms with Gasteiger partial charge in [-0.2, -0.15) is 0 Å². The van der Waals surface area contributed by atoms with Crippen LogP contribution in [0, 0.1) is 0 Å². The third-order valence-electron chi connectivity index (χ3n) is 5.72. The van der Waals surface area contributed by atoms with E-state index in [1.54, 1.807) is 0 Å². The zero-order valence-corrected chi connectivity index (χ0v) is 18.3. The van der Waals surface area contributed by atoms with E-state index in [0.29, 0.717) is 0 Å². The molecule has 1 unspecified atom stereocenters. The molecule has 0 radical (unpaired) electrons. The van der Waals surface area contributed by atoms with E-state index in [2.05, 4.69) is 10.6 Å². The quantitative estimate of drug-likeness (QED) is 0.365. The van der Waals surface area contributed by atoms with Gasteiger partial charge in [0, 0.05) is 12.3 Å². The highest BCUT2D eigenvalue weighted by Crippen LogP contribution is 2.44. The van der Waals surface area contributed by atoms with Crippen LogP contribution in [-0.2, 0) is 14.3 Å². The number of benzene rings is 2. The lowest BCUT2D eigenvalue weighted by Crippen LogP contribution is -2.57. The Bertz CT molecular complexity index is 974. The van der Waals surface area contributed by atoms with Gasteiger partial charge in [0.25, 0.3) is 0 Å². The number of carbonyl (C=O) groups is 3. The van der Waals surface area contributed by atoms with E-state index in [4.69, 9.17) is 9.84 Å². The minimum absolute atomic E-state index is 0.0398. The molecule has 0 heterocycles. The van der Waals surface area contributed by atoms with Gasteiger partial charge in [0.2, 0.25) is 5.91 Å². The first-order valence-electron chi connectivity index (χ1n) is 10.6. The fraction of sp³-hybridized carbons (Fsp3) is 0.375. The van der Waals surface area contributed by atoms with Crippen LogP contribution in [0.15, 0.2) is 48.5 Å². The monoisotopic (exact) mass is 456 g/mol. The fourth-order valence-corrected chi connectivity index (χ4v) is 3.83. The number of amides is 2. The second-order valence-electron chi connectivity index (χ2n) is 8.32. The molecule has 2 aromatic rings. The SMILES string of the molecule is CC(CO)(CO)NC(=O)C(CCC(=O)O)NC(=O)OCC1c2ccccc2-c2ccccc21. The maximum atomic E-state index is 12.6. The molecule has 3 rings (SSSR count). The number of alkyl carbamates (subject to hydrolysis) is 1. The van der Waals surface area contributed by atoms with E-state index in [-0.39, 0.29) is 25.4 Å². The number of aliphatic carboxylic acids is 1. The molecule has 1 aliphatic carbocycles. The van der Waals surface area contributed by atoms with Gasteiger partial charge in [0.05, 0.1) is 18.8 Å². The molecule has 9 heteroatoms. The van der Waals surface area contributed by atoms with Gasteiger partial charge in [-0.15, -0.1) is 0 Å². The molecule has 0 spiro atoms. The first-order chi connectivity index (χ1) is 15.8. The highest BCUT2D eigenvalue weighted by atomic mass is 16.5. The first-order valence-corrected chi connectivity index (χ1v) is 10.6. The lowest BCUT2D eigenvalue weighted by atomic mass is 9.98. The van der Waals surface area contributed by atoms with Gasteiger partial charge in [-0.3, -0.25) is 9.59 Å². The van der Waals surface area contributed by atoms with Crippen LogP contribution in [0.2, 0.25) is 0 Å². The molecular weight excluding hydrogens is 428 g/mol. The van der Waals surface area contributed by atoms with Crippen LogP contribution in [0.5, 0.6) is 0 Å². The van der Waals surface area contributed by atoms with Gasteiger partial charge < -0.3 is 30.7 Å². The topological polar surface area (TPSA) is 145 Å². The van der Waals surface area contributed by atoms with Crippen molar-refractivity contribution in [3.05, 3.63) is 59.7 Å². The van der Waals surface area contributed by atoms with Gasteiger partial charge >= 0.3 is 12.1 Å². The van der Waals surface area contributed by atoms with Gasteiger partial charge in [-0.05, 0) is 35.6 Å². The molecule has 0 aromatic heterocycles. The summed E-state index contributed by atoms with van der Waals surface area (Å²) in [5.41, 5.74) is 2.91. The van der Waals surface area contributed by atoms with E-state index in [1.165, 1.54) is 6.92 Å². The van der Waals surface area contributed by atoms with Crippen LogP contribution in [-0.4, -0.2) is 64.7 Å². The average Bonchev–Trinajstić information content (AvgIpc) is 3.13. The molecule has 176 valence electrons. The van der Waals surface area contributed by atoms with Crippen LogP contribution in [0.25, 0.3) is 11.1 Å². The van der Waals surface area contributed by atoms with E-state index in [9.17, 15) is 24.6 Å². The lowest BCUT2D eigenvalue weighted by Gasteiger charge is -2.29. The van der Waals surface area contributed by atoms with Gasteiger partial charge in [-0.25, -0.2) is 4.79 Å². The molecule has 0 saturated heterocycles. The average molecular weight is 456 g/mol. The summed E-state index contributed by atoms with van der Waals surface area (Å²) in [6.45, 7) is 0.391. The molecule has 1 aliphatic rings. The zero-order chi connectivity index (χ0) is 24.0. The van der Waals surface area contributed by atoms with Crippen LogP contribution in [0.3, 0.4) is 0 Å². The van der Waals surface area contributed by atoms with Crippen LogP contribution < -0.4 is 10.6 Å². The smallest absolute Gasteiger partial charge is 0.407 e. The van der Waals surface area contributed by atoms with E-state index in [0.717, 1.165) is 22.3 Å². The number of fused-ring (bicyclic) bond motifs is 3. The fourth-order valence-electron chi connectivity index (χ4n) is 3.83. The molecule has 0 aliphatic heterocycles. The maximum absolute atomic E-state index is 12.6. The zero-order valence-electron chi connectivity index (χ0n) is 18.3. The number of nitrogens with one attached hydrogen (secondary N) is 2. The Morgan fingerprint density at radius 3 is 2.06 bits per heavy atom. The molecule has 0 bridgehead atoms. The van der Waals surface area contributed by atoms with Gasteiger partial charge in [0.1, 0.15) is 12.6 Å². The summed E-state index contributed by atoms with van der Waals surface area (Å²) >= 11 is 0. The van der Waals surface area contributed by atoms with E-state index in [1.807, 2.05) is 48.5 Å². The van der Waals surface area contributed by atoms with Crippen molar-refractivity contribution < 1.29 is 34.4 Å². The van der Waals surface area contributed by atoms with Crippen LogP contribution in [0.1, 0.15) is 36.8 Å². The molecule has 9 nitrogen and oxygen atoms in total. The summed E-state index contributed by atoms with van der Waals surface area (Å²) in [6, 6.07) is 14.5. The number of aliphatic hydroxyl groups is 2. The maximum Gasteiger partial charge on any atom is 0.407 e. The normalized spacial score (nSPS) is 13.5. The Morgan fingerprint density at radius 1 is 1.00 bits per heavy atom. The van der Waals surface area contributed by atoms with Crippen molar-refractivity contribution in [2.24, 2.45) is 0 Å². The molecule has 5 N–H and O–H groups in total. The summed E-state index contributed by atoms with van der Waals surface area (Å²) in [5, 5.41) is 32.6. The van der Waals surface area contributed by atoms with Crippen molar-refractivity contribution in [2.75, 3.05) is 19.8 Å². The van der Waals surface area contributed by atoms with Crippen molar-refractivity contribution in [2.45, 2.75) is 37.3 Å². The lowest BCUT2D eigenvalue weighted by molar-refractivity contribution is -0.137. The molecule has 0 fully saturated rings. The van der Waals surface area contributed by atoms with Crippen molar-refractivity contribution in [1.29, 1.82) is 0 Å². The highest BCUT2D eigenvalue weighted by Gasteiger charge is 2.32. The summed E-state index contributed by atoms with van der Waals surface area (Å²) < 4.78 is 5.43. The second kappa shape index (κ2) is 10.5. The third kappa shape index (κ3) is 5.68. The van der Waals surface area contributed by atoms with Gasteiger partial charge in [0.15, 0.2) is 0 Å². The summed E-state index contributed by atoms with van der Waals surface area (Å²) in [7, 11) is 0. The van der Waals surface area contributed by atoms with Crippen molar-refractivity contribution >= 4 is 18.0 Å². The number of rotatable bonds is 10. The minimum atomic E-state index is -1.32. The van der Waals surface area contributed by atoms with E-state index >= 15 is 0 Å². The Labute approximate surface area is 191 Å². The number of aliphatic hydroxyl groups excluding tert-OH is 2. The molecule has 1 atom stereocenters. The summed E-state index contributed by atoms with van der Waals surface area (Å²) in [5.74, 6) is -2.02. The highest BCUT2D eigenvalue weighted by molar-refractivity contribution is 5.86. The number of ether oxygens (including phenoxy) is 1. The predicted octanol–water partition coefficient (Wildman–Crippen LogP) is 1.62. The van der Waals surface area contributed by atoms with E-state index < -0.39 is 42.8 Å². The molecule has 2 aromatic carbocycles. The number of hydrogen-bond acceptors (Lipinski definition) is 6. The standard InChI is InChI=1S/C24H28N2O7/c1-24(13-27,14-28)26-22(31)20(10-11-21(29)30)25-23(32)33-12-19-17-8-4-2-6-15(17)16-7-3-5-9-18(16)19/h2-9,19-20,27-28H,10-14H2,1H3,(H,25,32)(H,26,31)(H,29,30). The largest absolute Gasteiger partial charge is 0.481 e. The van der Waals surface area contributed by atoms with Crippen LogP contribution >= 0.6 is 0 Å². The first kappa shape index (κ1) is 24.2. The van der Waals surface area contributed by atoms with Crippen molar-refractivity contribution in [1.82, 2.24) is 10.6 Å². The second-order valence-corrected chi connectivity index (χ2v) is 8.32. The number of carbonyl (C=O) groups excluding carboxylic acids is 2. The Morgan fingerprint density at radius 2 is 1.55 bits per heavy atom. The Kier molecular flexibility index (Phi) is 7.67. The van der Waals surface area contributed by atoms with Gasteiger partial charge in [-0.1, -0.05) is 48.5 Å². The molecule has 33 heavy (non-hydrogen) atoms. The van der Waals surface area contributed by atoms with Crippen molar-refractivity contribution in [3.63, 3.8) is 0 Å². The summed E-state index contributed by atoms with van der Waals surface area (Å²) in [4.78, 5) is 36.1. The Hall–Kier alpha value is -3.43. The summed E-state index contributed by atoms with van der Waals surface area (Å²) in [6.07, 6.45) is -1.41. The Balaban J connectivity index is 1.68. The molecule has 2 amide bonds. The van der Waals surface area contributed by atoms with Crippen LogP contribution in [0.4, 0.5) is 4.79 Å². The molecule has 0 saturated carbocycles. The minimum Gasteiger partial charge on any atom is -0.481 e.